The second kappa shape index (κ2) is 5.04. The molecule has 1 aliphatic rings. The Morgan fingerprint density at radius 1 is 1.22 bits per heavy atom. The molecule has 1 aliphatic heterocycles. The number of aryl methyl sites for hydroxylation is 2. The van der Waals surface area contributed by atoms with E-state index in [4.69, 9.17) is 0 Å². The zero-order chi connectivity index (χ0) is 13.4. The van der Waals surface area contributed by atoms with E-state index in [1.165, 1.54) is 21.3 Å². The van der Waals surface area contributed by atoms with Crippen molar-refractivity contribution in [1.82, 2.24) is 0 Å². The van der Waals surface area contributed by atoms with Crippen molar-refractivity contribution in [1.29, 1.82) is 0 Å². The molecule has 1 aromatic rings. The summed E-state index contributed by atoms with van der Waals surface area (Å²) in [5.74, 6) is 0.521. The number of rotatable bonds is 1. The number of piperidine rings is 1. The zero-order valence-corrected chi connectivity index (χ0v) is 13.0. The maximum Gasteiger partial charge on any atom is 0.139 e. The molecule has 0 radical (unpaired) electrons. The van der Waals surface area contributed by atoms with E-state index in [1.54, 1.807) is 0 Å². The fourth-order valence-corrected chi connectivity index (χ4v) is 2.88. The predicted molar refractivity (Wildman–Crippen MR) is 79.2 cm³/mol. The van der Waals surface area contributed by atoms with Crippen LogP contribution in [0.1, 0.15) is 31.4 Å². The molecular weight excluding hydrogens is 290 g/mol. The lowest BCUT2D eigenvalue weighted by atomic mass is 9.90. The number of nitrogens with zero attached hydrogens (tertiary/aromatic N) is 1. The van der Waals surface area contributed by atoms with Crippen LogP contribution in [0.3, 0.4) is 0 Å². The molecule has 0 saturated carbocycles. The molecule has 98 valence electrons. The number of ketones is 1. The van der Waals surface area contributed by atoms with E-state index < -0.39 is 0 Å². The molecule has 0 bridgehead atoms. The van der Waals surface area contributed by atoms with Gasteiger partial charge in [0.15, 0.2) is 0 Å². The van der Waals surface area contributed by atoms with E-state index in [0.29, 0.717) is 12.2 Å². The van der Waals surface area contributed by atoms with Crippen molar-refractivity contribution in [2.75, 3.05) is 11.4 Å². The number of halogens is 1. The fourth-order valence-electron chi connectivity index (χ4n) is 2.65. The van der Waals surface area contributed by atoms with E-state index in [2.05, 4.69) is 53.7 Å². The minimum absolute atomic E-state index is 0.128. The minimum atomic E-state index is 0.128. The van der Waals surface area contributed by atoms with Gasteiger partial charge in [-0.15, -0.1) is 0 Å². The Bertz CT molecular complexity index is 460. The molecule has 2 atom stereocenters. The molecule has 2 nitrogen and oxygen atoms in total. The lowest BCUT2D eigenvalue weighted by Gasteiger charge is -2.39. The highest BCUT2D eigenvalue weighted by molar-refractivity contribution is 9.10. The molecule has 0 N–H and O–H groups in total. The maximum absolute atomic E-state index is 11.7. The molecule has 1 heterocycles. The van der Waals surface area contributed by atoms with Gasteiger partial charge in [-0.25, -0.2) is 0 Å². The monoisotopic (exact) mass is 309 g/mol. The standard InChI is InChI=1S/C15H20BrNO/c1-9-7-13(8-10(2)15(9)16)17-6-5-14(18)11(3)12(17)4/h7-8,11-12H,5-6H2,1-4H3. The van der Waals surface area contributed by atoms with Crippen molar-refractivity contribution < 1.29 is 4.79 Å². The largest absolute Gasteiger partial charge is 0.368 e. The highest BCUT2D eigenvalue weighted by Crippen LogP contribution is 2.31. The molecule has 0 aliphatic carbocycles. The van der Waals surface area contributed by atoms with Gasteiger partial charge in [-0.2, -0.15) is 0 Å². The Morgan fingerprint density at radius 3 is 2.33 bits per heavy atom. The summed E-state index contributed by atoms with van der Waals surface area (Å²) >= 11 is 3.60. The van der Waals surface area contributed by atoms with Gasteiger partial charge in [0.1, 0.15) is 5.78 Å². The summed E-state index contributed by atoms with van der Waals surface area (Å²) in [4.78, 5) is 14.1. The fraction of sp³-hybridized carbons (Fsp3) is 0.533. The van der Waals surface area contributed by atoms with E-state index >= 15 is 0 Å². The topological polar surface area (TPSA) is 20.3 Å². The quantitative estimate of drug-likeness (QED) is 0.785. The van der Waals surface area contributed by atoms with Crippen LogP contribution in [0.2, 0.25) is 0 Å². The zero-order valence-electron chi connectivity index (χ0n) is 11.5. The summed E-state index contributed by atoms with van der Waals surface area (Å²) in [6, 6.07) is 4.69. The molecule has 1 aromatic carbocycles. The van der Waals surface area contributed by atoms with Crippen molar-refractivity contribution in [3.05, 3.63) is 27.7 Å². The third-order valence-corrected chi connectivity index (χ3v) is 5.33. The van der Waals surface area contributed by atoms with Crippen LogP contribution < -0.4 is 4.90 Å². The van der Waals surface area contributed by atoms with Gasteiger partial charge >= 0.3 is 0 Å². The molecule has 2 unspecified atom stereocenters. The van der Waals surface area contributed by atoms with Crippen LogP contribution in [0.4, 0.5) is 5.69 Å². The number of hydrogen-bond donors (Lipinski definition) is 0. The second-order valence-electron chi connectivity index (χ2n) is 5.33. The number of carbonyl (C=O) groups is 1. The Hall–Kier alpha value is -0.830. The van der Waals surface area contributed by atoms with Crippen LogP contribution in [-0.2, 0) is 4.79 Å². The van der Waals surface area contributed by atoms with Crippen molar-refractivity contribution in [3.8, 4) is 0 Å². The Balaban J connectivity index is 2.35. The first-order valence-electron chi connectivity index (χ1n) is 6.48. The molecule has 0 spiro atoms. The minimum Gasteiger partial charge on any atom is -0.368 e. The number of Topliss-reactive ketones (excluding diaryl/α,β-unsaturated/α-hetero) is 1. The number of hydrogen-bond acceptors (Lipinski definition) is 2. The third kappa shape index (κ3) is 2.33. The molecule has 3 heteroatoms. The first kappa shape index (κ1) is 13.6. The summed E-state index contributed by atoms with van der Waals surface area (Å²) in [6.07, 6.45) is 0.666. The van der Waals surface area contributed by atoms with Crippen LogP contribution in [0.15, 0.2) is 16.6 Å². The molecule has 0 aromatic heterocycles. The number of carbonyl (C=O) groups excluding carboxylic acids is 1. The summed E-state index contributed by atoms with van der Waals surface area (Å²) in [6.45, 7) is 9.25. The Morgan fingerprint density at radius 2 is 1.78 bits per heavy atom. The summed E-state index contributed by atoms with van der Waals surface area (Å²) < 4.78 is 1.18. The van der Waals surface area contributed by atoms with Crippen molar-refractivity contribution >= 4 is 27.4 Å². The summed E-state index contributed by atoms with van der Waals surface area (Å²) in [5.41, 5.74) is 3.74. The molecule has 1 saturated heterocycles. The summed E-state index contributed by atoms with van der Waals surface area (Å²) in [7, 11) is 0. The third-order valence-electron chi connectivity index (χ3n) is 4.08. The first-order valence-corrected chi connectivity index (χ1v) is 7.27. The smallest absolute Gasteiger partial charge is 0.139 e. The van der Waals surface area contributed by atoms with E-state index in [1.807, 2.05) is 6.92 Å². The molecule has 0 amide bonds. The molecule has 2 rings (SSSR count). The number of benzene rings is 1. The van der Waals surface area contributed by atoms with Gasteiger partial charge in [-0.1, -0.05) is 22.9 Å². The highest BCUT2D eigenvalue weighted by atomic mass is 79.9. The van der Waals surface area contributed by atoms with Gasteiger partial charge in [0.05, 0.1) is 0 Å². The van der Waals surface area contributed by atoms with Gasteiger partial charge < -0.3 is 4.90 Å². The van der Waals surface area contributed by atoms with Gasteiger partial charge in [-0.3, -0.25) is 4.79 Å². The second-order valence-corrected chi connectivity index (χ2v) is 6.13. The SMILES string of the molecule is Cc1cc(N2CCC(=O)C(C)C2C)cc(C)c1Br. The average Bonchev–Trinajstić information content (AvgIpc) is 2.33. The normalized spacial score (nSPS) is 24.5. The number of anilines is 1. The predicted octanol–water partition coefficient (Wildman–Crippen LogP) is 3.87. The van der Waals surface area contributed by atoms with Crippen molar-refractivity contribution in [3.63, 3.8) is 0 Å². The van der Waals surface area contributed by atoms with E-state index in [0.717, 1.165) is 6.54 Å². The van der Waals surface area contributed by atoms with Crippen LogP contribution in [0.25, 0.3) is 0 Å². The van der Waals surface area contributed by atoms with E-state index in [-0.39, 0.29) is 12.0 Å². The average molecular weight is 310 g/mol. The van der Waals surface area contributed by atoms with Crippen molar-refractivity contribution in [2.24, 2.45) is 5.92 Å². The Labute approximate surface area is 117 Å². The highest BCUT2D eigenvalue weighted by Gasteiger charge is 2.31. The maximum atomic E-state index is 11.7. The van der Waals surface area contributed by atoms with Crippen LogP contribution >= 0.6 is 15.9 Å². The van der Waals surface area contributed by atoms with Gasteiger partial charge in [0.2, 0.25) is 0 Å². The lowest BCUT2D eigenvalue weighted by molar-refractivity contribution is -0.123. The first-order chi connectivity index (χ1) is 8.41. The van der Waals surface area contributed by atoms with Crippen LogP contribution in [0, 0.1) is 19.8 Å². The van der Waals surface area contributed by atoms with Crippen LogP contribution in [0.5, 0.6) is 0 Å². The van der Waals surface area contributed by atoms with Gasteiger partial charge in [0.25, 0.3) is 0 Å². The molecule has 1 fully saturated rings. The van der Waals surface area contributed by atoms with Crippen molar-refractivity contribution in [2.45, 2.75) is 40.2 Å². The van der Waals surface area contributed by atoms with Gasteiger partial charge in [0, 0.05) is 35.1 Å². The summed E-state index contributed by atoms with van der Waals surface area (Å²) in [5, 5.41) is 0. The van der Waals surface area contributed by atoms with Gasteiger partial charge in [-0.05, 0) is 44.0 Å². The lowest BCUT2D eigenvalue weighted by Crippen LogP contribution is -2.47. The van der Waals surface area contributed by atoms with Crippen LogP contribution in [-0.4, -0.2) is 18.4 Å². The van der Waals surface area contributed by atoms with E-state index in [9.17, 15) is 4.79 Å². The molecule has 18 heavy (non-hydrogen) atoms. The Kier molecular flexibility index (Phi) is 3.81. The molecular formula is C15H20BrNO.